The maximum absolute atomic E-state index is 14.0. The van der Waals surface area contributed by atoms with Gasteiger partial charge in [0.2, 0.25) is 5.91 Å². The lowest BCUT2D eigenvalue weighted by Crippen LogP contribution is -2.35. The van der Waals surface area contributed by atoms with Crippen LogP contribution in [0.2, 0.25) is 0 Å². The largest absolute Gasteiger partial charge is 0.393 e. The number of anilines is 1. The maximum Gasteiger partial charge on any atom is 0.254 e. The van der Waals surface area contributed by atoms with E-state index < -0.39 is 12.3 Å². The predicted molar refractivity (Wildman–Crippen MR) is 79.2 cm³/mol. The summed E-state index contributed by atoms with van der Waals surface area (Å²) in [6, 6.07) is 2.99. The van der Waals surface area contributed by atoms with Gasteiger partial charge in [-0.05, 0) is 12.1 Å². The van der Waals surface area contributed by atoms with Gasteiger partial charge in [-0.2, -0.15) is 0 Å². The van der Waals surface area contributed by atoms with Crippen LogP contribution in [0.1, 0.15) is 30.6 Å². The minimum absolute atomic E-state index is 0.122. The van der Waals surface area contributed by atoms with Crippen molar-refractivity contribution in [1.82, 2.24) is 9.88 Å². The minimum atomic E-state index is -1.72. The minimum Gasteiger partial charge on any atom is -0.393 e. The molecule has 1 unspecified atom stereocenters. The standard InChI is InChI=1S/C15H20FN3O3/c1-10(2)13(21)18-12-7-11(3-5-17-12)14(22)19-6-4-15(16,8-19)9-20/h3,5,7,10,20H,4,6,8-9H2,1-2H3,(H,17,18,21). The van der Waals surface area contributed by atoms with Crippen LogP contribution in [-0.4, -0.2) is 52.2 Å². The molecule has 120 valence electrons. The van der Waals surface area contributed by atoms with Crippen molar-refractivity contribution in [3.8, 4) is 0 Å². The van der Waals surface area contributed by atoms with Gasteiger partial charge in [0.05, 0.1) is 13.2 Å². The number of alkyl halides is 1. The van der Waals surface area contributed by atoms with Gasteiger partial charge in [0.25, 0.3) is 5.91 Å². The van der Waals surface area contributed by atoms with Crippen molar-refractivity contribution in [3.63, 3.8) is 0 Å². The zero-order valence-electron chi connectivity index (χ0n) is 12.7. The van der Waals surface area contributed by atoms with Crippen molar-refractivity contribution in [3.05, 3.63) is 23.9 Å². The summed E-state index contributed by atoms with van der Waals surface area (Å²) >= 11 is 0. The van der Waals surface area contributed by atoms with E-state index in [1.807, 2.05) is 0 Å². The lowest BCUT2D eigenvalue weighted by Gasteiger charge is -2.19. The van der Waals surface area contributed by atoms with Gasteiger partial charge >= 0.3 is 0 Å². The van der Waals surface area contributed by atoms with Crippen LogP contribution >= 0.6 is 0 Å². The van der Waals surface area contributed by atoms with Gasteiger partial charge in [0.15, 0.2) is 5.67 Å². The number of hydrogen-bond acceptors (Lipinski definition) is 4. The number of hydrogen-bond donors (Lipinski definition) is 2. The van der Waals surface area contributed by atoms with Gasteiger partial charge in [0, 0.05) is 30.6 Å². The molecule has 2 rings (SSSR count). The van der Waals surface area contributed by atoms with Crippen LogP contribution in [0.15, 0.2) is 18.3 Å². The summed E-state index contributed by atoms with van der Waals surface area (Å²) in [4.78, 5) is 29.4. The molecule has 22 heavy (non-hydrogen) atoms. The van der Waals surface area contributed by atoms with Crippen LogP contribution in [0.3, 0.4) is 0 Å². The number of aliphatic hydroxyl groups is 1. The molecule has 1 atom stereocenters. The quantitative estimate of drug-likeness (QED) is 0.876. The molecule has 7 heteroatoms. The topological polar surface area (TPSA) is 82.5 Å². The third-order valence-corrected chi connectivity index (χ3v) is 3.66. The van der Waals surface area contributed by atoms with Crippen molar-refractivity contribution in [2.24, 2.45) is 5.92 Å². The number of nitrogens with zero attached hydrogens (tertiary/aromatic N) is 2. The molecule has 6 nitrogen and oxygen atoms in total. The van der Waals surface area contributed by atoms with Crippen LogP contribution in [0, 0.1) is 5.92 Å². The number of carbonyl (C=O) groups excluding carboxylic acids is 2. The molecule has 2 heterocycles. The second-order valence-corrected chi connectivity index (χ2v) is 5.86. The van der Waals surface area contributed by atoms with Crippen molar-refractivity contribution in [2.45, 2.75) is 25.9 Å². The van der Waals surface area contributed by atoms with Crippen LogP contribution in [0.25, 0.3) is 0 Å². The van der Waals surface area contributed by atoms with Gasteiger partial charge in [-0.1, -0.05) is 13.8 Å². The van der Waals surface area contributed by atoms with Crippen molar-refractivity contribution < 1.29 is 19.1 Å². The average Bonchev–Trinajstić information content (AvgIpc) is 2.90. The van der Waals surface area contributed by atoms with E-state index in [9.17, 15) is 14.0 Å². The first-order valence-corrected chi connectivity index (χ1v) is 7.20. The molecule has 1 aromatic rings. The number of amides is 2. The molecular weight excluding hydrogens is 289 g/mol. The number of aromatic nitrogens is 1. The fourth-order valence-electron chi connectivity index (χ4n) is 2.22. The molecule has 1 fully saturated rings. The van der Waals surface area contributed by atoms with E-state index in [1.165, 1.54) is 23.2 Å². The van der Waals surface area contributed by atoms with Gasteiger partial charge in [0.1, 0.15) is 5.82 Å². The second-order valence-electron chi connectivity index (χ2n) is 5.86. The first-order valence-electron chi connectivity index (χ1n) is 7.20. The normalized spacial score (nSPS) is 21.2. The molecule has 1 aromatic heterocycles. The lowest BCUT2D eigenvalue weighted by atomic mass is 10.1. The van der Waals surface area contributed by atoms with E-state index >= 15 is 0 Å². The number of carbonyl (C=O) groups is 2. The van der Waals surface area contributed by atoms with E-state index in [4.69, 9.17) is 5.11 Å². The molecular formula is C15H20FN3O3. The van der Waals surface area contributed by atoms with Gasteiger partial charge in [-0.15, -0.1) is 0 Å². The Bertz CT molecular complexity index is 579. The molecule has 0 spiro atoms. The van der Waals surface area contributed by atoms with Gasteiger partial charge < -0.3 is 15.3 Å². The van der Waals surface area contributed by atoms with E-state index in [1.54, 1.807) is 13.8 Å². The molecule has 1 saturated heterocycles. The summed E-state index contributed by atoms with van der Waals surface area (Å²) in [6.07, 6.45) is 1.55. The Morgan fingerprint density at radius 2 is 2.27 bits per heavy atom. The Morgan fingerprint density at radius 3 is 2.86 bits per heavy atom. The first kappa shape index (κ1) is 16.4. The summed E-state index contributed by atoms with van der Waals surface area (Å²) in [5.74, 6) is -0.439. The highest BCUT2D eigenvalue weighted by atomic mass is 19.1. The monoisotopic (exact) mass is 309 g/mol. The predicted octanol–water partition coefficient (Wildman–Crippen LogP) is 1.22. The highest BCUT2D eigenvalue weighted by Gasteiger charge is 2.39. The van der Waals surface area contributed by atoms with Gasteiger partial charge in [-0.25, -0.2) is 9.37 Å². The molecule has 0 aliphatic carbocycles. The first-order chi connectivity index (χ1) is 10.3. The molecule has 0 saturated carbocycles. The maximum atomic E-state index is 14.0. The highest BCUT2D eigenvalue weighted by Crippen LogP contribution is 2.26. The number of aliphatic hydroxyl groups excluding tert-OH is 1. The summed E-state index contributed by atoms with van der Waals surface area (Å²) in [6.45, 7) is 3.04. The molecule has 1 aliphatic heterocycles. The zero-order chi connectivity index (χ0) is 16.3. The van der Waals surface area contributed by atoms with Crippen LogP contribution in [0.5, 0.6) is 0 Å². The third-order valence-electron chi connectivity index (χ3n) is 3.66. The Kier molecular flexibility index (Phi) is 4.75. The zero-order valence-corrected chi connectivity index (χ0v) is 12.7. The van der Waals surface area contributed by atoms with Crippen molar-refractivity contribution in [1.29, 1.82) is 0 Å². The number of nitrogens with one attached hydrogen (secondary N) is 1. The van der Waals surface area contributed by atoms with E-state index in [0.29, 0.717) is 5.56 Å². The third kappa shape index (κ3) is 3.59. The fraction of sp³-hybridized carbons (Fsp3) is 0.533. The smallest absolute Gasteiger partial charge is 0.254 e. The van der Waals surface area contributed by atoms with E-state index in [-0.39, 0.29) is 43.1 Å². The molecule has 2 amide bonds. The van der Waals surface area contributed by atoms with Crippen LogP contribution in [0.4, 0.5) is 10.2 Å². The number of likely N-dealkylation sites (tertiary alicyclic amines) is 1. The average molecular weight is 309 g/mol. The highest BCUT2D eigenvalue weighted by molar-refractivity contribution is 5.97. The molecule has 0 bridgehead atoms. The summed E-state index contributed by atoms with van der Waals surface area (Å²) in [7, 11) is 0. The lowest BCUT2D eigenvalue weighted by molar-refractivity contribution is -0.118. The summed E-state index contributed by atoms with van der Waals surface area (Å²) < 4.78 is 14.0. The Labute approximate surface area is 128 Å². The number of rotatable bonds is 4. The summed E-state index contributed by atoms with van der Waals surface area (Å²) in [5, 5.41) is 11.6. The number of halogens is 1. The van der Waals surface area contributed by atoms with Crippen LogP contribution < -0.4 is 5.32 Å². The number of pyridine rings is 1. The molecule has 0 radical (unpaired) electrons. The van der Waals surface area contributed by atoms with E-state index in [2.05, 4.69) is 10.3 Å². The fourth-order valence-corrected chi connectivity index (χ4v) is 2.22. The van der Waals surface area contributed by atoms with Crippen molar-refractivity contribution >= 4 is 17.6 Å². The van der Waals surface area contributed by atoms with Crippen molar-refractivity contribution in [2.75, 3.05) is 25.0 Å². The molecule has 0 aromatic carbocycles. The van der Waals surface area contributed by atoms with Crippen LogP contribution in [-0.2, 0) is 4.79 Å². The summed E-state index contributed by atoms with van der Waals surface area (Å²) in [5.41, 5.74) is -1.39. The van der Waals surface area contributed by atoms with E-state index in [0.717, 1.165) is 0 Å². The molecule has 1 aliphatic rings. The Balaban J connectivity index is 2.09. The Morgan fingerprint density at radius 1 is 1.55 bits per heavy atom. The molecule has 2 N–H and O–H groups in total. The van der Waals surface area contributed by atoms with Gasteiger partial charge in [-0.3, -0.25) is 9.59 Å². The SMILES string of the molecule is CC(C)C(=O)Nc1cc(C(=O)N2CCC(F)(CO)C2)ccn1. The Hall–Kier alpha value is -2.02. The second kappa shape index (κ2) is 6.39.